The van der Waals surface area contributed by atoms with E-state index in [9.17, 15) is 5.11 Å². The molecule has 1 atom stereocenters. The molecule has 0 aliphatic carbocycles. The summed E-state index contributed by atoms with van der Waals surface area (Å²) in [7, 11) is 0. The third-order valence-electron chi connectivity index (χ3n) is 1.99. The fourth-order valence-electron chi connectivity index (χ4n) is 1.21. The second-order valence-corrected chi connectivity index (χ2v) is 3.67. The van der Waals surface area contributed by atoms with E-state index in [0.29, 0.717) is 22.9 Å². The number of halogens is 1. The minimum Gasteiger partial charge on any atom is -0.489 e. The molecule has 1 rings (SSSR count). The van der Waals surface area contributed by atoms with E-state index in [-0.39, 0.29) is 0 Å². The lowest BCUT2D eigenvalue weighted by atomic mass is 10.1. The third-order valence-corrected chi connectivity index (χ3v) is 2.23. The average molecular weight is 227 g/mol. The maximum Gasteiger partial charge on any atom is 0.125 e. The summed E-state index contributed by atoms with van der Waals surface area (Å²) in [5.74, 6) is 0.674. The first kappa shape index (κ1) is 12.1. The van der Waals surface area contributed by atoms with E-state index in [0.717, 1.165) is 0 Å². The standard InChI is InChI=1S/C12H15ClO2/c1-3-4-7-15-12-6-5-10(13)8-11(12)9(2)14/h3-6,8-9,14H,7H2,1-2H3/t9-/m1/s1. The van der Waals surface area contributed by atoms with E-state index >= 15 is 0 Å². The van der Waals surface area contributed by atoms with E-state index in [2.05, 4.69) is 0 Å². The molecule has 1 N–H and O–H groups in total. The predicted molar refractivity (Wildman–Crippen MR) is 62.4 cm³/mol. The zero-order chi connectivity index (χ0) is 11.3. The monoisotopic (exact) mass is 226 g/mol. The van der Waals surface area contributed by atoms with Crippen molar-refractivity contribution in [2.45, 2.75) is 20.0 Å². The minimum atomic E-state index is -0.579. The van der Waals surface area contributed by atoms with E-state index in [1.165, 1.54) is 0 Å². The number of hydrogen-bond acceptors (Lipinski definition) is 2. The predicted octanol–water partition coefficient (Wildman–Crippen LogP) is 3.35. The Labute approximate surface area is 95.1 Å². The van der Waals surface area contributed by atoms with Gasteiger partial charge in [-0.15, -0.1) is 0 Å². The summed E-state index contributed by atoms with van der Waals surface area (Å²) in [6.45, 7) is 4.12. The van der Waals surface area contributed by atoms with Gasteiger partial charge in [-0.25, -0.2) is 0 Å². The Morgan fingerprint density at radius 3 is 2.87 bits per heavy atom. The summed E-state index contributed by atoms with van der Waals surface area (Å²) >= 11 is 5.84. The molecule has 1 aromatic carbocycles. The molecule has 0 aromatic heterocycles. The van der Waals surface area contributed by atoms with Gasteiger partial charge in [0.05, 0.1) is 6.10 Å². The number of rotatable bonds is 4. The van der Waals surface area contributed by atoms with Crippen LogP contribution in [0.1, 0.15) is 25.5 Å². The van der Waals surface area contributed by atoms with Crippen molar-refractivity contribution in [2.24, 2.45) is 0 Å². The largest absolute Gasteiger partial charge is 0.489 e. The van der Waals surface area contributed by atoms with Crippen molar-refractivity contribution >= 4 is 11.6 Å². The first-order valence-corrected chi connectivity index (χ1v) is 5.24. The van der Waals surface area contributed by atoms with Crippen molar-refractivity contribution in [3.8, 4) is 5.75 Å². The van der Waals surface area contributed by atoms with E-state index in [1.807, 2.05) is 19.1 Å². The molecule has 0 bridgehead atoms. The Morgan fingerprint density at radius 2 is 2.27 bits per heavy atom. The van der Waals surface area contributed by atoms with Gasteiger partial charge >= 0.3 is 0 Å². The van der Waals surface area contributed by atoms with Crippen LogP contribution < -0.4 is 4.74 Å². The van der Waals surface area contributed by atoms with Gasteiger partial charge in [0, 0.05) is 10.6 Å². The van der Waals surface area contributed by atoms with Crippen LogP contribution in [0.5, 0.6) is 5.75 Å². The number of benzene rings is 1. The second kappa shape index (κ2) is 5.79. The van der Waals surface area contributed by atoms with Gasteiger partial charge in [-0.3, -0.25) is 0 Å². The van der Waals surface area contributed by atoms with Crippen molar-refractivity contribution in [3.63, 3.8) is 0 Å². The van der Waals surface area contributed by atoms with Gasteiger partial charge in [-0.1, -0.05) is 23.8 Å². The van der Waals surface area contributed by atoms with Crippen molar-refractivity contribution in [2.75, 3.05) is 6.61 Å². The maximum atomic E-state index is 9.53. The van der Waals surface area contributed by atoms with Crippen LogP contribution in [-0.2, 0) is 0 Å². The van der Waals surface area contributed by atoms with Gasteiger partial charge in [0.15, 0.2) is 0 Å². The summed E-state index contributed by atoms with van der Waals surface area (Å²) in [5, 5.41) is 10.1. The summed E-state index contributed by atoms with van der Waals surface area (Å²) in [5.41, 5.74) is 0.715. The molecule has 3 heteroatoms. The molecule has 0 amide bonds. The molecular weight excluding hydrogens is 212 g/mol. The first-order chi connectivity index (χ1) is 7.15. The van der Waals surface area contributed by atoms with E-state index in [4.69, 9.17) is 16.3 Å². The van der Waals surface area contributed by atoms with Gasteiger partial charge in [0.25, 0.3) is 0 Å². The Hall–Kier alpha value is -0.990. The second-order valence-electron chi connectivity index (χ2n) is 3.24. The van der Waals surface area contributed by atoms with Crippen LogP contribution in [0, 0.1) is 0 Å². The Morgan fingerprint density at radius 1 is 1.53 bits per heavy atom. The van der Waals surface area contributed by atoms with Crippen LogP contribution in [0.25, 0.3) is 0 Å². The van der Waals surface area contributed by atoms with Crippen molar-refractivity contribution in [1.82, 2.24) is 0 Å². The van der Waals surface area contributed by atoms with Crippen molar-refractivity contribution in [3.05, 3.63) is 40.9 Å². The molecule has 0 fully saturated rings. The van der Waals surface area contributed by atoms with Crippen LogP contribution in [-0.4, -0.2) is 11.7 Å². The number of aliphatic hydroxyl groups excluding tert-OH is 1. The zero-order valence-electron chi connectivity index (χ0n) is 8.90. The molecule has 0 saturated carbocycles. The van der Waals surface area contributed by atoms with Crippen molar-refractivity contribution < 1.29 is 9.84 Å². The van der Waals surface area contributed by atoms with Gasteiger partial charge < -0.3 is 9.84 Å². The van der Waals surface area contributed by atoms with Crippen LogP contribution >= 0.6 is 11.6 Å². The Balaban J connectivity index is 2.85. The lowest BCUT2D eigenvalue weighted by molar-refractivity contribution is 0.193. The Bertz CT molecular complexity index is 345. The van der Waals surface area contributed by atoms with Gasteiger partial charge in [-0.05, 0) is 32.0 Å². The molecule has 0 spiro atoms. The molecule has 82 valence electrons. The van der Waals surface area contributed by atoms with E-state index in [1.54, 1.807) is 25.1 Å². The number of hydrogen-bond donors (Lipinski definition) is 1. The highest BCUT2D eigenvalue weighted by Crippen LogP contribution is 2.28. The van der Waals surface area contributed by atoms with Crippen LogP contribution in [0.2, 0.25) is 5.02 Å². The third kappa shape index (κ3) is 3.57. The molecule has 0 radical (unpaired) electrons. The highest BCUT2D eigenvalue weighted by atomic mass is 35.5. The van der Waals surface area contributed by atoms with Crippen LogP contribution in [0.3, 0.4) is 0 Å². The number of allylic oxidation sites excluding steroid dienone is 1. The average Bonchev–Trinajstić information content (AvgIpc) is 2.20. The summed E-state index contributed by atoms with van der Waals surface area (Å²) < 4.78 is 5.49. The fourth-order valence-corrected chi connectivity index (χ4v) is 1.39. The molecule has 0 aliphatic heterocycles. The smallest absolute Gasteiger partial charge is 0.125 e. The summed E-state index contributed by atoms with van der Waals surface area (Å²) in [4.78, 5) is 0. The summed E-state index contributed by atoms with van der Waals surface area (Å²) in [6, 6.07) is 5.24. The molecule has 2 nitrogen and oxygen atoms in total. The maximum absolute atomic E-state index is 9.53. The molecule has 0 unspecified atom stereocenters. The lowest BCUT2D eigenvalue weighted by Gasteiger charge is -2.12. The SMILES string of the molecule is CC=CCOc1ccc(Cl)cc1[C@@H](C)O. The molecule has 0 heterocycles. The van der Waals surface area contributed by atoms with E-state index < -0.39 is 6.10 Å². The van der Waals surface area contributed by atoms with Gasteiger partial charge in [0.1, 0.15) is 12.4 Å². The molecule has 1 aromatic rings. The number of ether oxygens (including phenoxy) is 1. The molecule has 0 saturated heterocycles. The highest BCUT2D eigenvalue weighted by molar-refractivity contribution is 6.30. The highest BCUT2D eigenvalue weighted by Gasteiger charge is 2.09. The molecular formula is C12H15ClO2. The molecule has 0 aliphatic rings. The molecule has 15 heavy (non-hydrogen) atoms. The number of aliphatic hydroxyl groups is 1. The van der Waals surface area contributed by atoms with Crippen LogP contribution in [0.15, 0.2) is 30.4 Å². The quantitative estimate of drug-likeness (QED) is 0.798. The minimum absolute atomic E-state index is 0.498. The lowest BCUT2D eigenvalue weighted by Crippen LogP contribution is -2.00. The fraction of sp³-hybridized carbons (Fsp3) is 0.333. The summed E-state index contributed by atoms with van der Waals surface area (Å²) in [6.07, 6.45) is 3.24. The topological polar surface area (TPSA) is 29.5 Å². The van der Waals surface area contributed by atoms with Crippen LogP contribution in [0.4, 0.5) is 0 Å². The van der Waals surface area contributed by atoms with Crippen molar-refractivity contribution in [1.29, 1.82) is 0 Å². The first-order valence-electron chi connectivity index (χ1n) is 4.86. The van der Waals surface area contributed by atoms with Gasteiger partial charge in [0.2, 0.25) is 0 Å². The van der Waals surface area contributed by atoms with Gasteiger partial charge in [-0.2, -0.15) is 0 Å². The zero-order valence-corrected chi connectivity index (χ0v) is 9.66. The normalized spacial score (nSPS) is 13.1. The Kier molecular flexibility index (Phi) is 4.66.